The molecule has 0 aliphatic rings. The Morgan fingerprint density at radius 2 is 2.09 bits per heavy atom. The van der Waals surface area contributed by atoms with Gasteiger partial charge >= 0.3 is 5.97 Å². The third-order valence-electron chi connectivity index (χ3n) is 3.86. The van der Waals surface area contributed by atoms with E-state index in [-0.39, 0.29) is 11.6 Å². The van der Waals surface area contributed by atoms with Gasteiger partial charge in [-0.15, -0.1) is 0 Å². The van der Waals surface area contributed by atoms with Gasteiger partial charge < -0.3 is 15.4 Å². The number of rotatable bonds is 4. The van der Waals surface area contributed by atoms with Crippen LogP contribution in [0.4, 0.5) is 0 Å². The summed E-state index contributed by atoms with van der Waals surface area (Å²) >= 11 is 0. The first-order valence-electron chi connectivity index (χ1n) is 7.50. The Morgan fingerprint density at radius 3 is 2.78 bits per heavy atom. The van der Waals surface area contributed by atoms with Crippen LogP contribution < -0.4 is 5.73 Å². The number of benzene rings is 2. The Balaban J connectivity index is 2.10. The molecule has 0 aliphatic carbocycles. The molecular weight excluding hydrogens is 290 g/mol. The fraction of sp³-hybridized carbons (Fsp3) is 0.222. The molecule has 1 aromatic heterocycles. The van der Waals surface area contributed by atoms with Crippen molar-refractivity contribution in [1.82, 2.24) is 9.55 Å². The number of carbonyl (C=O) groups is 1. The van der Waals surface area contributed by atoms with E-state index in [1.54, 1.807) is 18.2 Å². The van der Waals surface area contributed by atoms with Gasteiger partial charge in [-0.1, -0.05) is 18.2 Å². The molecule has 0 fully saturated rings. The van der Waals surface area contributed by atoms with Crippen LogP contribution in [-0.4, -0.2) is 20.6 Å². The summed E-state index contributed by atoms with van der Waals surface area (Å²) in [7, 11) is 0. The van der Waals surface area contributed by atoms with Gasteiger partial charge in [0.15, 0.2) is 0 Å². The Kier molecular flexibility index (Phi) is 3.88. The highest BCUT2D eigenvalue weighted by atomic mass is 16.4. The maximum atomic E-state index is 11.1. The molecule has 23 heavy (non-hydrogen) atoms. The molecule has 5 nitrogen and oxygen atoms in total. The van der Waals surface area contributed by atoms with Crippen LogP contribution in [0.1, 0.15) is 40.3 Å². The van der Waals surface area contributed by atoms with Gasteiger partial charge in [0.2, 0.25) is 0 Å². The van der Waals surface area contributed by atoms with Gasteiger partial charge in [0.05, 0.1) is 22.6 Å². The van der Waals surface area contributed by atoms with E-state index in [1.165, 1.54) is 0 Å². The lowest BCUT2D eigenvalue weighted by Gasteiger charge is -2.12. The Labute approximate surface area is 134 Å². The van der Waals surface area contributed by atoms with Crippen LogP contribution in [0.25, 0.3) is 11.0 Å². The number of carboxylic acids is 1. The normalized spacial score (nSPS) is 12.5. The second-order valence-electron chi connectivity index (χ2n) is 5.84. The zero-order valence-electron chi connectivity index (χ0n) is 13.2. The molecular formula is C18H19N3O2. The van der Waals surface area contributed by atoms with Gasteiger partial charge in [-0.3, -0.25) is 0 Å². The van der Waals surface area contributed by atoms with E-state index < -0.39 is 5.97 Å². The van der Waals surface area contributed by atoms with Crippen LogP contribution in [0.2, 0.25) is 0 Å². The molecule has 0 amide bonds. The number of hydrogen-bond donors (Lipinski definition) is 2. The lowest BCUT2D eigenvalue weighted by Crippen LogP contribution is -2.14. The van der Waals surface area contributed by atoms with Crippen molar-refractivity contribution in [3.8, 4) is 0 Å². The molecule has 3 rings (SSSR count). The van der Waals surface area contributed by atoms with E-state index in [4.69, 9.17) is 10.8 Å². The molecule has 3 N–H and O–H groups in total. The van der Waals surface area contributed by atoms with E-state index in [9.17, 15) is 4.79 Å². The van der Waals surface area contributed by atoms with Crippen LogP contribution in [-0.2, 0) is 6.54 Å². The number of carboxylic acid groups (broad SMARTS) is 1. The summed E-state index contributed by atoms with van der Waals surface area (Å²) in [4.78, 5) is 15.8. The summed E-state index contributed by atoms with van der Waals surface area (Å²) in [6.45, 7) is 4.47. The summed E-state index contributed by atoms with van der Waals surface area (Å²) < 4.78 is 2.06. The van der Waals surface area contributed by atoms with E-state index in [0.717, 1.165) is 28.0 Å². The molecule has 1 heterocycles. The van der Waals surface area contributed by atoms with E-state index in [2.05, 4.69) is 9.55 Å². The molecule has 0 bridgehead atoms. The monoisotopic (exact) mass is 309 g/mol. The lowest BCUT2D eigenvalue weighted by molar-refractivity contribution is 0.0696. The quantitative estimate of drug-likeness (QED) is 0.776. The Morgan fingerprint density at radius 1 is 1.30 bits per heavy atom. The molecule has 5 heteroatoms. The molecule has 118 valence electrons. The van der Waals surface area contributed by atoms with Crippen LogP contribution in [0.3, 0.4) is 0 Å². The van der Waals surface area contributed by atoms with E-state index in [1.807, 2.05) is 38.1 Å². The molecule has 0 saturated carbocycles. The number of aryl methyl sites for hydroxylation is 1. The number of aromatic carboxylic acids is 1. The standard InChI is InChI=1S/C18H19N3O2/c1-11-6-7-16-15(8-11)20-17(12(2)19)21(16)10-13-4-3-5-14(9-13)18(22)23/h3-9,12H,10,19H2,1-2H3,(H,22,23). The molecule has 0 radical (unpaired) electrons. The largest absolute Gasteiger partial charge is 0.478 e. The highest BCUT2D eigenvalue weighted by Gasteiger charge is 2.15. The van der Waals surface area contributed by atoms with Gasteiger partial charge in [0.25, 0.3) is 0 Å². The molecule has 1 atom stereocenters. The molecule has 0 saturated heterocycles. The van der Waals surface area contributed by atoms with Crippen molar-refractivity contribution in [1.29, 1.82) is 0 Å². The predicted octanol–water partition coefficient (Wildman–Crippen LogP) is 3.11. The first-order chi connectivity index (χ1) is 11.0. The third-order valence-corrected chi connectivity index (χ3v) is 3.86. The van der Waals surface area contributed by atoms with Gasteiger partial charge in [-0.2, -0.15) is 0 Å². The number of nitrogens with zero attached hydrogens (tertiary/aromatic N) is 2. The van der Waals surface area contributed by atoms with E-state index >= 15 is 0 Å². The number of imidazole rings is 1. The Bertz CT molecular complexity index is 881. The first kappa shape index (κ1) is 15.2. The van der Waals surface area contributed by atoms with Crippen LogP contribution >= 0.6 is 0 Å². The van der Waals surface area contributed by atoms with Crippen molar-refractivity contribution in [3.05, 3.63) is 65.0 Å². The van der Waals surface area contributed by atoms with Crippen molar-refractivity contribution in [2.45, 2.75) is 26.4 Å². The second kappa shape index (κ2) is 5.85. The SMILES string of the molecule is Cc1ccc2c(c1)nc(C(C)N)n2Cc1cccc(C(=O)O)c1. The topological polar surface area (TPSA) is 81.1 Å². The zero-order valence-corrected chi connectivity index (χ0v) is 13.2. The fourth-order valence-electron chi connectivity index (χ4n) is 2.76. The fourth-order valence-corrected chi connectivity index (χ4v) is 2.76. The number of aromatic nitrogens is 2. The molecule has 0 aliphatic heterocycles. The van der Waals surface area contributed by atoms with Crippen LogP contribution in [0, 0.1) is 6.92 Å². The molecule has 1 unspecified atom stereocenters. The lowest BCUT2D eigenvalue weighted by atomic mass is 10.1. The number of fused-ring (bicyclic) bond motifs is 1. The first-order valence-corrected chi connectivity index (χ1v) is 7.50. The van der Waals surface area contributed by atoms with Crippen molar-refractivity contribution in [2.24, 2.45) is 5.73 Å². The zero-order chi connectivity index (χ0) is 16.6. The Hall–Kier alpha value is -2.66. The minimum absolute atomic E-state index is 0.203. The maximum absolute atomic E-state index is 11.1. The maximum Gasteiger partial charge on any atom is 0.335 e. The highest BCUT2D eigenvalue weighted by molar-refractivity contribution is 5.87. The summed E-state index contributed by atoms with van der Waals surface area (Å²) in [6, 6.07) is 12.9. The molecule has 3 aromatic rings. The minimum Gasteiger partial charge on any atom is -0.478 e. The number of hydrogen-bond acceptors (Lipinski definition) is 3. The van der Waals surface area contributed by atoms with Gasteiger partial charge in [-0.05, 0) is 49.2 Å². The average Bonchev–Trinajstić information content (AvgIpc) is 2.85. The summed E-state index contributed by atoms with van der Waals surface area (Å²) in [5.74, 6) is -0.128. The minimum atomic E-state index is -0.926. The van der Waals surface area contributed by atoms with Crippen LogP contribution in [0.5, 0.6) is 0 Å². The van der Waals surface area contributed by atoms with Crippen molar-refractivity contribution < 1.29 is 9.90 Å². The summed E-state index contributed by atoms with van der Waals surface area (Å²) in [5.41, 5.74) is 10.3. The van der Waals surface area contributed by atoms with Gasteiger partial charge in [-0.25, -0.2) is 9.78 Å². The predicted molar refractivity (Wildman–Crippen MR) is 89.6 cm³/mol. The molecule has 0 spiro atoms. The van der Waals surface area contributed by atoms with Gasteiger partial charge in [0, 0.05) is 6.54 Å². The average molecular weight is 309 g/mol. The van der Waals surface area contributed by atoms with Crippen LogP contribution in [0.15, 0.2) is 42.5 Å². The van der Waals surface area contributed by atoms with Gasteiger partial charge in [0.1, 0.15) is 5.82 Å². The second-order valence-corrected chi connectivity index (χ2v) is 5.84. The summed E-state index contributed by atoms with van der Waals surface area (Å²) in [5, 5.41) is 9.14. The van der Waals surface area contributed by atoms with Crippen molar-refractivity contribution in [2.75, 3.05) is 0 Å². The van der Waals surface area contributed by atoms with Crippen molar-refractivity contribution in [3.63, 3.8) is 0 Å². The summed E-state index contributed by atoms with van der Waals surface area (Å²) in [6.07, 6.45) is 0. The van der Waals surface area contributed by atoms with E-state index in [0.29, 0.717) is 6.54 Å². The molecule has 2 aromatic carbocycles. The smallest absolute Gasteiger partial charge is 0.335 e. The highest BCUT2D eigenvalue weighted by Crippen LogP contribution is 2.22. The number of nitrogens with two attached hydrogens (primary N) is 1. The third kappa shape index (κ3) is 2.96. The van der Waals surface area contributed by atoms with Crippen molar-refractivity contribution >= 4 is 17.0 Å².